The number of nitrogens with one attached hydrogen (secondary N) is 1. The Morgan fingerprint density at radius 3 is 2.76 bits per heavy atom. The van der Waals surface area contributed by atoms with Crippen LogP contribution in [0.3, 0.4) is 0 Å². The lowest BCUT2D eigenvalue weighted by Gasteiger charge is -2.57. The molecule has 0 bridgehead atoms. The quantitative estimate of drug-likeness (QED) is 0.898. The first-order valence-electron chi connectivity index (χ1n) is 6.89. The molecule has 116 valence electrons. The fourth-order valence-electron chi connectivity index (χ4n) is 2.64. The van der Waals surface area contributed by atoms with Crippen LogP contribution < -0.4 is 11.1 Å². The predicted molar refractivity (Wildman–Crippen MR) is 80.8 cm³/mol. The molecule has 1 fully saturated rings. The summed E-state index contributed by atoms with van der Waals surface area (Å²) in [4.78, 5) is 12.4. The molecule has 0 radical (unpaired) electrons. The molecule has 0 aromatic heterocycles. The van der Waals surface area contributed by atoms with E-state index < -0.39 is 16.8 Å². The molecule has 0 aliphatic heterocycles. The van der Waals surface area contributed by atoms with E-state index in [1.807, 2.05) is 20.8 Å². The minimum Gasteiger partial charge on any atom is -0.378 e. The molecule has 0 saturated heterocycles. The number of anilines is 1. The van der Waals surface area contributed by atoms with Crippen molar-refractivity contribution in [1.29, 1.82) is 0 Å². The van der Waals surface area contributed by atoms with E-state index in [1.54, 1.807) is 6.07 Å². The summed E-state index contributed by atoms with van der Waals surface area (Å²) in [5.41, 5.74) is 5.06. The molecule has 21 heavy (non-hydrogen) atoms. The summed E-state index contributed by atoms with van der Waals surface area (Å²) in [7, 11) is 0. The molecule has 2 unspecified atom stereocenters. The Bertz CT molecular complexity index is 565. The first kappa shape index (κ1) is 16.2. The molecular formula is C15H20ClFN2O2. The van der Waals surface area contributed by atoms with Crippen molar-refractivity contribution in [3.8, 4) is 0 Å². The average Bonchev–Trinajstić information content (AvgIpc) is 2.42. The monoisotopic (exact) mass is 314 g/mol. The smallest absolute Gasteiger partial charge is 0.245 e. The van der Waals surface area contributed by atoms with E-state index in [2.05, 4.69) is 5.32 Å². The maximum absolute atomic E-state index is 13.4. The van der Waals surface area contributed by atoms with Crippen molar-refractivity contribution in [2.75, 3.05) is 11.9 Å². The molecule has 3 N–H and O–H groups in total. The molecule has 1 aliphatic rings. The molecule has 6 heteroatoms. The van der Waals surface area contributed by atoms with Gasteiger partial charge in [-0.25, -0.2) is 4.39 Å². The number of nitrogens with two attached hydrogens (primary N) is 1. The van der Waals surface area contributed by atoms with E-state index >= 15 is 0 Å². The topological polar surface area (TPSA) is 64.3 Å². The van der Waals surface area contributed by atoms with E-state index in [0.717, 1.165) is 0 Å². The van der Waals surface area contributed by atoms with Gasteiger partial charge in [-0.1, -0.05) is 25.4 Å². The number of carbonyl (C=O) groups is 1. The highest BCUT2D eigenvalue weighted by Crippen LogP contribution is 2.50. The van der Waals surface area contributed by atoms with Gasteiger partial charge in [0, 0.05) is 24.1 Å². The molecule has 1 amide bonds. The summed E-state index contributed by atoms with van der Waals surface area (Å²) in [5.74, 6) is -0.925. The third kappa shape index (κ3) is 2.65. The highest BCUT2D eigenvalue weighted by molar-refractivity contribution is 6.30. The van der Waals surface area contributed by atoms with E-state index in [1.165, 1.54) is 12.1 Å². The number of ether oxygens (including phenoxy) is 1. The summed E-state index contributed by atoms with van der Waals surface area (Å²) >= 11 is 5.62. The van der Waals surface area contributed by atoms with Gasteiger partial charge in [-0.05, 0) is 25.1 Å². The highest BCUT2D eigenvalue weighted by Gasteiger charge is 2.62. The normalized spacial score (nSPS) is 27.0. The molecule has 1 aromatic rings. The van der Waals surface area contributed by atoms with Gasteiger partial charge < -0.3 is 15.8 Å². The third-order valence-corrected chi connectivity index (χ3v) is 4.72. The van der Waals surface area contributed by atoms with Gasteiger partial charge >= 0.3 is 0 Å². The van der Waals surface area contributed by atoms with E-state index in [0.29, 0.717) is 18.7 Å². The van der Waals surface area contributed by atoms with Crippen LogP contribution >= 0.6 is 11.6 Å². The first-order valence-corrected chi connectivity index (χ1v) is 7.27. The van der Waals surface area contributed by atoms with Gasteiger partial charge in [-0.3, -0.25) is 4.79 Å². The van der Waals surface area contributed by atoms with Crippen LogP contribution in [0.2, 0.25) is 5.02 Å². The zero-order chi connectivity index (χ0) is 15.8. The van der Waals surface area contributed by atoms with Gasteiger partial charge in [-0.15, -0.1) is 0 Å². The Morgan fingerprint density at radius 2 is 2.24 bits per heavy atom. The first-order chi connectivity index (χ1) is 9.72. The van der Waals surface area contributed by atoms with Gasteiger partial charge in [0.05, 0.1) is 11.1 Å². The Labute approximate surface area is 128 Å². The molecule has 1 saturated carbocycles. The number of halogens is 2. The minimum absolute atomic E-state index is 0.0100. The van der Waals surface area contributed by atoms with Crippen molar-refractivity contribution in [2.45, 2.75) is 38.8 Å². The Balaban J connectivity index is 2.12. The lowest BCUT2D eigenvalue weighted by Crippen LogP contribution is -2.74. The maximum atomic E-state index is 13.4. The molecule has 2 rings (SSSR count). The Kier molecular flexibility index (Phi) is 4.29. The van der Waals surface area contributed by atoms with E-state index in [-0.39, 0.29) is 17.0 Å². The summed E-state index contributed by atoms with van der Waals surface area (Å²) < 4.78 is 19.0. The zero-order valence-corrected chi connectivity index (χ0v) is 13.1. The van der Waals surface area contributed by atoms with Crippen LogP contribution in [0.25, 0.3) is 0 Å². The van der Waals surface area contributed by atoms with Crippen molar-refractivity contribution in [3.05, 3.63) is 29.0 Å². The van der Waals surface area contributed by atoms with E-state index in [9.17, 15) is 9.18 Å². The van der Waals surface area contributed by atoms with Crippen molar-refractivity contribution >= 4 is 23.2 Å². The number of hydrogen-bond donors (Lipinski definition) is 2. The number of carbonyl (C=O) groups excluding carboxylic acids is 1. The van der Waals surface area contributed by atoms with Gasteiger partial charge in [0.15, 0.2) is 0 Å². The van der Waals surface area contributed by atoms with Crippen LogP contribution in [0, 0.1) is 11.2 Å². The van der Waals surface area contributed by atoms with Gasteiger partial charge in [0.25, 0.3) is 0 Å². The van der Waals surface area contributed by atoms with Crippen molar-refractivity contribution < 1.29 is 13.9 Å². The molecule has 4 nitrogen and oxygen atoms in total. The number of amides is 1. The van der Waals surface area contributed by atoms with Crippen molar-refractivity contribution in [1.82, 2.24) is 0 Å². The van der Waals surface area contributed by atoms with Crippen LogP contribution in [-0.4, -0.2) is 24.2 Å². The molecular weight excluding hydrogens is 295 g/mol. The predicted octanol–water partition coefficient (Wildman–Crippen LogP) is 2.95. The fraction of sp³-hybridized carbons (Fsp3) is 0.533. The maximum Gasteiger partial charge on any atom is 0.245 e. The molecule has 1 aromatic carbocycles. The van der Waals surface area contributed by atoms with Gasteiger partial charge in [0.2, 0.25) is 5.91 Å². The summed E-state index contributed by atoms with van der Waals surface area (Å²) in [6.45, 7) is 6.29. The molecule has 0 spiro atoms. The lowest BCUT2D eigenvalue weighted by molar-refractivity contribution is -0.166. The Morgan fingerprint density at radius 1 is 1.57 bits per heavy atom. The second kappa shape index (κ2) is 5.55. The molecule has 0 heterocycles. The largest absolute Gasteiger partial charge is 0.378 e. The lowest BCUT2D eigenvalue weighted by atomic mass is 9.54. The summed E-state index contributed by atoms with van der Waals surface area (Å²) in [6.07, 6.45) is 0.385. The third-order valence-electron chi connectivity index (χ3n) is 4.41. The fourth-order valence-corrected chi connectivity index (χ4v) is 2.75. The zero-order valence-electron chi connectivity index (χ0n) is 12.4. The second-order valence-corrected chi connectivity index (χ2v) is 6.33. The number of hydrogen-bond acceptors (Lipinski definition) is 3. The highest BCUT2D eigenvalue weighted by atomic mass is 35.5. The number of rotatable bonds is 4. The standard InChI is InChI=1S/C15H20ClFN2O2/c1-4-21-12-8-15(18,14(12,2)3)13(20)19-9-5-6-10(16)11(17)7-9/h5-7,12H,4,8,18H2,1-3H3,(H,19,20). The van der Waals surface area contributed by atoms with Crippen molar-refractivity contribution in [3.63, 3.8) is 0 Å². The molecule has 2 atom stereocenters. The average molecular weight is 315 g/mol. The van der Waals surface area contributed by atoms with Crippen LogP contribution in [-0.2, 0) is 9.53 Å². The second-order valence-electron chi connectivity index (χ2n) is 5.92. The van der Waals surface area contributed by atoms with Crippen LogP contribution in [0.5, 0.6) is 0 Å². The minimum atomic E-state index is -1.04. The molecule has 1 aliphatic carbocycles. The van der Waals surface area contributed by atoms with Gasteiger partial charge in [-0.2, -0.15) is 0 Å². The van der Waals surface area contributed by atoms with Crippen LogP contribution in [0.4, 0.5) is 10.1 Å². The summed E-state index contributed by atoms with van der Waals surface area (Å²) in [5, 5.41) is 2.66. The van der Waals surface area contributed by atoms with Crippen molar-refractivity contribution in [2.24, 2.45) is 11.1 Å². The van der Waals surface area contributed by atoms with Crippen LogP contribution in [0.15, 0.2) is 18.2 Å². The Hall–Kier alpha value is -1.17. The SMILES string of the molecule is CCOC1CC(N)(C(=O)Nc2ccc(Cl)c(F)c2)C1(C)C. The van der Waals surface area contributed by atoms with E-state index in [4.69, 9.17) is 22.1 Å². The van der Waals surface area contributed by atoms with Gasteiger partial charge in [0.1, 0.15) is 11.4 Å². The van der Waals surface area contributed by atoms with Crippen LogP contribution in [0.1, 0.15) is 27.2 Å². The summed E-state index contributed by atoms with van der Waals surface area (Å²) in [6, 6.07) is 4.11. The number of benzene rings is 1.